The zero-order valence-corrected chi connectivity index (χ0v) is 9.97. The number of nitrogens with one attached hydrogen (secondary N) is 1. The van der Waals surface area contributed by atoms with Crippen molar-refractivity contribution in [3.63, 3.8) is 0 Å². The molecule has 2 rings (SSSR count). The summed E-state index contributed by atoms with van der Waals surface area (Å²) in [4.78, 5) is 15.6. The smallest absolute Gasteiger partial charge is 0.307 e. The third-order valence-corrected chi connectivity index (χ3v) is 2.71. The largest absolute Gasteiger partial charge is 0.331 e. The number of carbonyl (C=O) groups is 1. The molecule has 0 unspecified atom stereocenters. The highest BCUT2D eigenvalue weighted by Gasteiger charge is 2.04. The molecule has 1 heterocycles. The van der Waals surface area contributed by atoms with Gasteiger partial charge in [-0.05, 0) is 36.6 Å². The molecule has 0 atom stereocenters. The Morgan fingerprint density at radius 2 is 2.29 bits per heavy atom. The number of imidazole rings is 1. The van der Waals surface area contributed by atoms with Crippen molar-refractivity contribution in [2.75, 3.05) is 5.32 Å². The maximum absolute atomic E-state index is 11.8. The molecule has 0 spiro atoms. The number of rotatable bonds is 2. The molecule has 1 aromatic carbocycles. The minimum absolute atomic E-state index is 0.203. The van der Waals surface area contributed by atoms with Crippen molar-refractivity contribution in [1.82, 2.24) is 9.55 Å². The first kappa shape index (κ1) is 11.4. The minimum Gasteiger partial charge on any atom is -0.307 e. The Hall–Kier alpha value is -2.10. The number of nitrogens with zero attached hydrogens (tertiary/aromatic N) is 2. The Morgan fingerprint density at radius 3 is 2.88 bits per heavy atom. The predicted octanol–water partition coefficient (Wildman–Crippen LogP) is 2.83. The molecule has 1 amide bonds. The monoisotopic (exact) mass is 229 g/mol. The van der Waals surface area contributed by atoms with Gasteiger partial charge in [-0.3, -0.25) is 4.57 Å². The molecule has 17 heavy (non-hydrogen) atoms. The quantitative estimate of drug-likeness (QED) is 0.860. The molecule has 0 saturated heterocycles. The standard InChI is InChI=1S/C13H15N3O/c1-3-11-4-5-12(8-10(11)2)15-13(17)16-7-6-14-9-16/h4-9H,3H2,1-2H3,(H,15,17). The maximum Gasteiger partial charge on any atom is 0.331 e. The molecule has 0 aliphatic rings. The van der Waals surface area contributed by atoms with Gasteiger partial charge in [-0.2, -0.15) is 0 Å². The van der Waals surface area contributed by atoms with Gasteiger partial charge in [0.2, 0.25) is 0 Å². The second-order valence-electron chi connectivity index (χ2n) is 3.89. The van der Waals surface area contributed by atoms with Gasteiger partial charge >= 0.3 is 6.03 Å². The number of carbonyl (C=O) groups excluding carboxylic acids is 1. The second-order valence-corrected chi connectivity index (χ2v) is 3.89. The fraction of sp³-hybridized carbons (Fsp3) is 0.231. The summed E-state index contributed by atoms with van der Waals surface area (Å²) in [5, 5.41) is 2.82. The van der Waals surface area contributed by atoms with Crippen molar-refractivity contribution in [3.05, 3.63) is 48.0 Å². The normalized spacial score (nSPS) is 10.2. The first-order chi connectivity index (χ1) is 8.20. The van der Waals surface area contributed by atoms with Crippen molar-refractivity contribution in [3.8, 4) is 0 Å². The predicted molar refractivity (Wildman–Crippen MR) is 67.2 cm³/mol. The molecule has 2 aromatic rings. The van der Waals surface area contributed by atoms with Gasteiger partial charge in [-0.1, -0.05) is 13.0 Å². The fourth-order valence-corrected chi connectivity index (χ4v) is 1.74. The molecular weight excluding hydrogens is 214 g/mol. The molecule has 0 fully saturated rings. The van der Waals surface area contributed by atoms with Crippen molar-refractivity contribution in [1.29, 1.82) is 0 Å². The Morgan fingerprint density at radius 1 is 1.47 bits per heavy atom. The summed E-state index contributed by atoms with van der Waals surface area (Å²) in [5.41, 5.74) is 3.29. The van der Waals surface area contributed by atoms with Crippen LogP contribution in [0.5, 0.6) is 0 Å². The number of anilines is 1. The summed E-state index contributed by atoms with van der Waals surface area (Å²) < 4.78 is 1.41. The Kier molecular flexibility index (Phi) is 3.23. The third kappa shape index (κ3) is 2.53. The second kappa shape index (κ2) is 4.82. The van der Waals surface area contributed by atoms with Gasteiger partial charge in [0.05, 0.1) is 0 Å². The van der Waals surface area contributed by atoms with E-state index in [1.54, 1.807) is 12.4 Å². The Bertz CT molecular complexity index is 517. The topological polar surface area (TPSA) is 46.9 Å². The molecule has 0 saturated carbocycles. The molecule has 88 valence electrons. The summed E-state index contributed by atoms with van der Waals surface area (Å²) in [6.45, 7) is 4.16. The summed E-state index contributed by atoms with van der Waals surface area (Å²) in [7, 11) is 0. The van der Waals surface area contributed by atoms with Crippen molar-refractivity contribution < 1.29 is 4.79 Å². The van der Waals surface area contributed by atoms with Crippen LogP contribution < -0.4 is 5.32 Å². The van der Waals surface area contributed by atoms with Crippen molar-refractivity contribution in [2.45, 2.75) is 20.3 Å². The number of aromatic nitrogens is 2. The van der Waals surface area contributed by atoms with E-state index < -0.39 is 0 Å². The average Bonchev–Trinajstić information content (AvgIpc) is 2.82. The lowest BCUT2D eigenvalue weighted by atomic mass is 10.1. The fourth-order valence-electron chi connectivity index (χ4n) is 1.74. The molecule has 4 heteroatoms. The average molecular weight is 229 g/mol. The molecule has 4 nitrogen and oxygen atoms in total. The van der Waals surface area contributed by atoms with Crippen LogP contribution in [-0.4, -0.2) is 15.6 Å². The van der Waals surface area contributed by atoms with E-state index in [0.29, 0.717) is 0 Å². The Labute approximate surface area is 100 Å². The summed E-state index contributed by atoms with van der Waals surface area (Å²) in [5.74, 6) is 0. The number of aryl methyl sites for hydroxylation is 2. The zero-order valence-electron chi connectivity index (χ0n) is 9.97. The molecule has 0 bridgehead atoms. The van der Waals surface area contributed by atoms with Gasteiger partial charge in [-0.25, -0.2) is 9.78 Å². The van der Waals surface area contributed by atoms with E-state index in [4.69, 9.17) is 0 Å². The highest BCUT2D eigenvalue weighted by molar-refractivity contribution is 5.90. The lowest BCUT2D eigenvalue weighted by Crippen LogP contribution is -2.17. The molecule has 0 aliphatic heterocycles. The van der Waals surface area contributed by atoms with Crippen LogP contribution in [0.3, 0.4) is 0 Å². The first-order valence-electron chi connectivity index (χ1n) is 5.59. The number of hydrogen-bond donors (Lipinski definition) is 1. The lowest BCUT2D eigenvalue weighted by Gasteiger charge is -2.08. The minimum atomic E-state index is -0.203. The van der Waals surface area contributed by atoms with Gasteiger partial charge in [0.1, 0.15) is 6.33 Å². The van der Waals surface area contributed by atoms with E-state index in [1.165, 1.54) is 22.0 Å². The SMILES string of the molecule is CCc1ccc(NC(=O)n2ccnc2)cc1C. The highest BCUT2D eigenvalue weighted by atomic mass is 16.2. The van der Waals surface area contributed by atoms with Crippen LogP contribution in [0, 0.1) is 6.92 Å². The van der Waals surface area contributed by atoms with Crippen LogP contribution in [0.15, 0.2) is 36.9 Å². The van der Waals surface area contributed by atoms with Crippen LogP contribution in [0.25, 0.3) is 0 Å². The van der Waals surface area contributed by atoms with E-state index in [9.17, 15) is 4.79 Å². The molecule has 0 radical (unpaired) electrons. The Balaban J connectivity index is 2.14. The van der Waals surface area contributed by atoms with Crippen LogP contribution in [0.2, 0.25) is 0 Å². The van der Waals surface area contributed by atoms with Gasteiger partial charge < -0.3 is 5.32 Å². The van der Waals surface area contributed by atoms with E-state index in [2.05, 4.69) is 17.2 Å². The molecule has 1 aromatic heterocycles. The molecular formula is C13H15N3O. The lowest BCUT2D eigenvalue weighted by molar-refractivity contribution is 0.253. The molecule has 0 aliphatic carbocycles. The van der Waals surface area contributed by atoms with Gasteiger partial charge in [0, 0.05) is 18.1 Å². The summed E-state index contributed by atoms with van der Waals surface area (Å²) >= 11 is 0. The van der Waals surface area contributed by atoms with Gasteiger partial charge in [0.25, 0.3) is 0 Å². The van der Waals surface area contributed by atoms with Crippen molar-refractivity contribution in [2.24, 2.45) is 0 Å². The first-order valence-corrected chi connectivity index (χ1v) is 5.59. The van der Waals surface area contributed by atoms with Crippen molar-refractivity contribution >= 4 is 11.7 Å². The van der Waals surface area contributed by atoms with Gasteiger partial charge in [-0.15, -0.1) is 0 Å². The number of benzene rings is 1. The van der Waals surface area contributed by atoms with Crippen LogP contribution in [-0.2, 0) is 6.42 Å². The maximum atomic E-state index is 11.8. The summed E-state index contributed by atoms with van der Waals surface area (Å²) in [6.07, 6.45) is 5.66. The summed E-state index contributed by atoms with van der Waals surface area (Å²) in [6, 6.07) is 5.74. The van der Waals surface area contributed by atoms with E-state index in [1.807, 2.05) is 25.1 Å². The van der Waals surface area contributed by atoms with Gasteiger partial charge in [0.15, 0.2) is 0 Å². The number of amides is 1. The highest BCUT2D eigenvalue weighted by Crippen LogP contribution is 2.15. The van der Waals surface area contributed by atoms with Crippen LogP contribution in [0.1, 0.15) is 18.1 Å². The van der Waals surface area contributed by atoms with E-state index in [-0.39, 0.29) is 6.03 Å². The van der Waals surface area contributed by atoms with E-state index >= 15 is 0 Å². The zero-order chi connectivity index (χ0) is 12.3. The van der Waals surface area contributed by atoms with Crippen LogP contribution >= 0.6 is 0 Å². The van der Waals surface area contributed by atoms with Crippen LogP contribution in [0.4, 0.5) is 10.5 Å². The molecule has 1 N–H and O–H groups in total. The number of hydrogen-bond acceptors (Lipinski definition) is 2. The van der Waals surface area contributed by atoms with E-state index in [0.717, 1.165) is 12.1 Å². The third-order valence-electron chi connectivity index (χ3n) is 2.71.